The minimum Gasteiger partial charge on any atom is -0.491 e. The van der Waals surface area contributed by atoms with Crippen molar-refractivity contribution in [3.05, 3.63) is 46.2 Å². The van der Waals surface area contributed by atoms with E-state index in [-0.39, 0.29) is 29.1 Å². The van der Waals surface area contributed by atoms with Gasteiger partial charge in [0, 0.05) is 37.8 Å². The molecule has 2 aromatic heterocycles. The number of hydrogen-bond donors (Lipinski definition) is 0. The number of methoxy groups -OCH3 is 1. The molecule has 3 heterocycles. The highest BCUT2D eigenvalue weighted by atomic mass is 16.5. The number of nitrogens with zero attached hydrogens (tertiary/aromatic N) is 3. The van der Waals surface area contributed by atoms with Crippen LogP contribution in [0.2, 0.25) is 0 Å². The number of ether oxygens (including phenoxy) is 4. The number of carbonyl (C=O) groups excluding carboxylic acids is 1. The zero-order valence-electron chi connectivity index (χ0n) is 21.7. The van der Waals surface area contributed by atoms with E-state index in [1.807, 2.05) is 27.4 Å². The molecule has 0 saturated heterocycles. The number of rotatable bonds is 10. The maximum atomic E-state index is 13.0. The summed E-state index contributed by atoms with van der Waals surface area (Å²) in [6, 6.07) is 7.32. The highest BCUT2D eigenvalue weighted by Gasteiger charge is 2.35. The first-order valence-corrected chi connectivity index (χ1v) is 12.4. The van der Waals surface area contributed by atoms with Gasteiger partial charge in [-0.25, -0.2) is 4.79 Å². The molecule has 0 aliphatic carbocycles. The number of carbonyl (C=O) groups is 1. The molecule has 4 rings (SSSR count). The Morgan fingerprint density at radius 3 is 2.69 bits per heavy atom. The summed E-state index contributed by atoms with van der Waals surface area (Å²) in [5.41, 5.74) is 1.83. The van der Waals surface area contributed by atoms with Crippen LogP contribution in [0, 0.1) is 5.41 Å². The van der Waals surface area contributed by atoms with E-state index in [1.165, 1.54) is 6.07 Å². The summed E-state index contributed by atoms with van der Waals surface area (Å²) < 4.78 is 25.7. The normalized spacial score (nSPS) is 15.0. The van der Waals surface area contributed by atoms with Gasteiger partial charge in [-0.1, -0.05) is 32.9 Å². The Morgan fingerprint density at radius 2 is 1.97 bits per heavy atom. The van der Waals surface area contributed by atoms with Gasteiger partial charge in [-0.2, -0.15) is 5.10 Å². The fourth-order valence-electron chi connectivity index (χ4n) is 4.53. The van der Waals surface area contributed by atoms with Crippen molar-refractivity contribution >= 4 is 16.9 Å². The van der Waals surface area contributed by atoms with E-state index >= 15 is 0 Å². The Kier molecular flexibility index (Phi) is 7.80. The van der Waals surface area contributed by atoms with Crippen LogP contribution in [-0.4, -0.2) is 60.5 Å². The molecule has 9 heteroatoms. The molecule has 0 amide bonds. The van der Waals surface area contributed by atoms with Crippen molar-refractivity contribution in [1.29, 1.82) is 0 Å². The fourth-order valence-corrected chi connectivity index (χ4v) is 4.53. The Labute approximate surface area is 210 Å². The minimum atomic E-state index is -0.601. The predicted octanol–water partition coefficient (Wildman–Crippen LogP) is 4.07. The number of hydrogen-bond acceptors (Lipinski definition) is 7. The first-order valence-electron chi connectivity index (χ1n) is 12.4. The lowest BCUT2D eigenvalue weighted by Gasteiger charge is -2.38. The number of benzene rings is 1. The number of aromatic nitrogens is 3. The topological polar surface area (TPSA) is 93.8 Å². The lowest BCUT2D eigenvalue weighted by Crippen LogP contribution is -2.35. The third kappa shape index (κ3) is 5.17. The van der Waals surface area contributed by atoms with Crippen LogP contribution < -0.4 is 10.2 Å². The summed E-state index contributed by atoms with van der Waals surface area (Å²) in [7, 11) is 1.65. The molecule has 1 aromatic carbocycles. The van der Waals surface area contributed by atoms with Crippen LogP contribution in [0.1, 0.15) is 50.5 Å². The van der Waals surface area contributed by atoms with Crippen molar-refractivity contribution in [1.82, 2.24) is 14.3 Å². The van der Waals surface area contributed by atoms with Gasteiger partial charge in [0.1, 0.15) is 16.8 Å². The highest BCUT2D eigenvalue weighted by molar-refractivity contribution is 5.97. The Hall–Kier alpha value is -3.17. The van der Waals surface area contributed by atoms with Gasteiger partial charge in [0.15, 0.2) is 5.43 Å². The van der Waals surface area contributed by atoms with E-state index < -0.39 is 5.97 Å². The summed E-state index contributed by atoms with van der Waals surface area (Å²) in [4.78, 5) is 25.5. The van der Waals surface area contributed by atoms with E-state index in [2.05, 4.69) is 20.8 Å². The van der Waals surface area contributed by atoms with Crippen molar-refractivity contribution in [3.8, 4) is 17.1 Å². The first-order chi connectivity index (χ1) is 17.3. The molecule has 0 bridgehead atoms. The zero-order chi connectivity index (χ0) is 25.9. The fraction of sp³-hybridized carbons (Fsp3) is 0.519. The van der Waals surface area contributed by atoms with Crippen LogP contribution in [0.4, 0.5) is 0 Å². The molecule has 1 atom stereocenters. The van der Waals surface area contributed by atoms with Crippen molar-refractivity contribution in [2.75, 3.05) is 40.1 Å². The summed E-state index contributed by atoms with van der Waals surface area (Å²) in [5.74, 6) is 0.0897. The first kappa shape index (κ1) is 25.9. The molecule has 0 radical (unpaired) electrons. The van der Waals surface area contributed by atoms with Crippen molar-refractivity contribution in [2.24, 2.45) is 5.41 Å². The van der Waals surface area contributed by atoms with Crippen LogP contribution in [0.15, 0.2) is 35.3 Å². The lowest BCUT2D eigenvalue weighted by atomic mass is 9.85. The Bertz CT molecular complexity index is 1290. The molecule has 0 saturated carbocycles. The molecule has 1 aliphatic heterocycles. The third-order valence-electron chi connectivity index (χ3n) is 6.35. The number of pyridine rings is 1. The summed E-state index contributed by atoms with van der Waals surface area (Å²) in [6.45, 7) is 11.2. The summed E-state index contributed by atoms with van der Waals surface area (Å²) in [5, 5.41) is 5.81. The van der Waals surface area contributed by atoms with Gasteiger partial charge in [0.2, 0.25) is 0 Å². The monoisotopic (exact) mass is 497 g/mol. The second-order valence-electron chi connectivity index (χ2n) is 9.94. The summed E-state index contributed by atoms with van der Waals surface area (Å²) >= 11 is 0. The van der Waals surface area contributed by atoms with Crippen LogP contribution in [0.5, 0.6) is 5.75 Å². The molecule has 9 nitrogen and oxygen atoms in total. The maximum Gasteiger partial charge on any atom is 0.343 e. The average Bonchev–Trinajstić information content (AvgIpc) is 3.22. The second-order valence-corrected chi connectivity index (χ2v) is 9.94. The second kappa shape index (κ2) is 10.8. The van der Waals surface area contributed by atoms with E-state index in [0.717, 1.165) is 28.7 Å². The number of esters is 1. The smallest absolute Gasteiger partial charge is 0.343 e. The third-order valence-corrected chi connectivity index (χ3v) is 6.35. The van der Waals surface area contributed by atoms with Crippen molar-refractivity contribution < 1.29 is 23.7 Å². The standard InChI is InChI=1S/C27H35N3O6/c1-6-35-26(32)19-16-29-20(15-21(19)31)25-18-9-7-10-22(36-12-8-11-34-14-13-33-5)24(18)28-30(25)17-23(29)27(2,3)4/h7,9-10,15-16,23H,6,8,11-14,17H2,1-5H3. The Balaban J connectivity index is 1.71. The van der Waals surface area contributed by atoms with Gasteiger partial charge in [-0.05, 0) is 18.4 Å². The van der Waals surface area contributed by atoms with E-state index in [1.54, 1.807) is 20.2 Å². The zero-order valence-corrected chi connectivity index (χ0v) is 21.7. The van der Waals surface area contributed by atoms with Crippen LogP contribution >= 0.6 is 0 Å². The minimum absolute atomic E-state index is 0.0308. The molecular weight excluding hydrogens is 462 g/mol. The molecular formula is C27H35N3O6. The van der Waals surface area contributed by atoms with E-state index in [9.17, 15) is 9.59 Å². The molecule has 0 fully saturated rings. The van der Waals surface area contributed by atoms with Crippen LogP contribution in [0.25, 0.3) is 22.3 Å². The molecule has 0 N–H and O–H groups in total. The van der Waals surface area contributed by atoms with Gasteiger partial charge < -0.3 is 23.5 Å². The lowest BCUT2D eigenvalue weighted by molar-refractivity contribution is 0.0522. The van der Waals surface area contributed by atoms with E-state index in [4.69, 9.17) is 24.0 Å². The predicted molar refractivity (Wildman–Crippen MR) is 137 cm³/mol. The van der Waals surface area contributed by atoms with Gasteiger partial charge in [-0.3, -0.25) is 9.48 Å². The molecule has 194 valence electrons. The molecule has 1 unspecified atom stereocenters. The quantitative estimate of drug-likeness (QED) is 0.308. The van der Waals surface area contributed by atoms with Gasteiger partial charge in [-0.15, -0.1) is 0 Å². The highest BCUT2D eigenvalue weighted by Crippen LogP contribution is 2.43. The Morgan fingerprint density at radius 1 is 1.17 bits per heavy atom. The van der Waals surface area contributed by atoms with Gasteiger partial charge in [0.05, 0.1) is 50.4 Å². The van der Waals surface area contributed by atoms with Crippen LogP contribution in [-0.2, 0) is 20.8 Å². The largest absolute Gasteiger partial charge is 0.491 e. The molecule has 36 heavy (non-hydrogen) atoms. The average molecular weight is 498 g/mol. The van der Waals surface area contributed by atoms with Gasteiger partial charge >= 0.3 is 5.97 Å². The van der Waals surface area contributed by atoms with E-state index in [0.29, 0.717) is 38.7 Å². The number of fused-ring (bicyclic) bond motifs is 5. The SMILES string of the molecule is CCOC(=O)c1cn2c(cc1=O)-c1c3cccc(OCCCOCCOC)c3nn1CC2C(C)(C)C. The van der Waals surface area contributed by atoms with Gasteiger partial charge in [0.25, 0.3) is 0 Å². The molecule has 3 aromatic rings. The molecule has 1 aliphatic rings. The van der Waals surface area contributed by atoms with Crippen molar-refractivity contribution in [3.63, 3.8) is 0 Å². The van der Waals surface area contributed by atoms with Crippen molar-refractivity contribution in [2.45, 2.75) is 46.7 Å². The molecule has 0 spiro atoms. The van der Waals surface area contributed by atoms with Crippen LogP contribution in [0.3, 0.4) is 0 Å². The summed E-state index contributed by atoms with van der Waals surface area (Å²) in [6.07, 6.45) is 2.40. The maximum absolute atomic E-state index is 13.0.